The van der Waals surface area contributed by atoms with E-state index in [2.05, 4.69) is 5.10 Å². The molecular formula is C12H10F2N2O. The minimum atomic E-state index is -0.679. The van der Waals surface area contributed by atoms with Crippen molar-refractivity contribution in [1.29, 1.82) is 0 Å². The third-order valence-electron chi connectivity index (χ3n) is 2.40. The monoisotopic (exact) mass is 236 g/mol. The Kier molecular flexibility index (Phi) is 2.99. The van der Waals surface area contributed by atoms with Crippen molar-refractivity contribution in [2.45, 2.75) is 13.3 Å². The van der Waals surface area contributed by atoms with Gasteiger partial charge in [0.05, 0.1) is 16.9 Å². The highest BCUT2D eigenvalue weighted by Crippen LogP contribution is 2.14. The Labute approximate surface area is 96.7 Å². The van der Waals surface area contributed by atoms with Crippen LogP contribution in [0.1, 0.15) is 23.0 Å². The molecule has 2 rings (SSSR count). The summed E-state index contributed by atoms with van der Waals surface area (Å²) in [7, 11) is 0. The minimum absolute atomic E-state index is 0.255. The predicted octanol–water partition coefficient (Wildman–Crippen LogP) is 2.53. The Balaban J connectivity index is 2.52. The van der Waals surface area contributed by atoms with Crippen molar-refractivity contribution in [3.05, 3.63) is 47.3 Å². The average molecular weight is 236 g/mol. The molecule has 0 fully saturated rings. The second-order valence-electron chi connectivity index (χ2n) is 3.57. The lowest BCUT2D eigenvalue weighted by Crippen LogP contribution is -1.97. The van der Waals surface area contributed by atoms with Crippen LogP contribution in [-0.4, -0.2) is 16.1 Å². The molecule has 5 heteroatoms. The molecule has 0 aliphatic carbocycles. The molecule has 0 spiro atoms. The Morgan fingerprint density at radius 3 is 2.41 bits per heavy atom. The van der Waals surface area contributed by atoms with Crippen LogP contribution in [0.15, 0.2) is 24.4 Å². The first kappa shape index (κ1) is 11.4. The van der Waals surface area contributed by atoms with Crippen LogP contribution in [0.25, 0.3) is 5.69 Å². The first-order valence-corrected chi connectivity index (χ1v) is 5.14. The molecule has 0 amide bonds. The van der Waals surface area contributed by atoms with Gasteiger partial charge < -0.3 is 0 Å². The maximum absolute atomic E-state index is 13.0. The van der Waals surface area contributed by atoms with Crippen molar-refractivity contribution < 1.29 is 13.6 Å². The highest BCUT2D eigenvalue weighted by atomic mass is 19.1. The molecule has 1 heterocycles. The summed E-state index contributed by atoms with van der Waals surface area (Å²) in [5.41, 5.74) is 1.28. The zero-order valence-electron chi connectivity index (χ0n) is 9.15. The van der Waals surface area contributed by atoms with E-state index in [1.807, 2.05) is 6.92 Å². The average Bonchev–Trinajstić information content (AvgIpc) is 2.70. The SMILES string of the molecule is CCc1nn(-c2cc(F)cc(F)c2)cc1C=O. The first-order chi connectivity index (χ1) is 8.13. The lowest BCUT2D eigenvalue weighted by atomic mass is 10.2. The van der Waals surface area contributed by atoms with Crippen molar-refractivity contribution >= 4 is 6.29 Å². The van der Waals surface area contributed by atoms with Gasteiger partial charge in [0.15, 0.2) is 6.29 Å². The lowest BCUT2D eigenvalue weighted by Gasteiger charge is -2.01. The fourth-order valence-electron chi connectivity index (χ4n) is 1.60. The van der Waals surface area contributed by atoms with Crippen molar-refractivity contribution in [1.82, 2.24) is 9.78 Å². The Morgan fingerprint density at radius 2 is 1.94 bits per heavy atom. The summed E-state index contributed by atoms with van der Waals surface area (Å²) >= 11 is 0. The van der Waals surface area contributed by atoms with Gasteiger partial charge >= 0.3 is 0 Å². The standard InChI is InChI=1S/C12H10F2N2O/c1-2-12-8(7-17)6-16(15-12)11-4-9(13)3-10(14)5-11/h3-7H,2H2,1H3. The number of halogens is 2. The fraction of sp³-hybridized carbons (Fsp3) is 0.167. The molecule has 2 aromatic rings. The molecule has 88 valence electrons. The number of carbonyl (C=O) groups excluding carboxylic acids is 1. The molecule has 0 bridgehead atoms. The van der Waals surface area contributed by atoms with Crippen LogP contribution >= 0.6 is 0 Å². The smallest absolute Gasteiger partial charge is 0.153 e. The maximum Gasteiger partial charge on any atom is 0.153 e. The molecule has 0 N–H and O–H groups in total. The number of aromatic nitrogens is 2. The Bertz CT molecular complexity index is 543. The molecule has 0 aliphatic rings. The second kappa shape index (κ2) is 4.45. The van der Waals surface area contributed by atoms with Gasteiger partial charge in [0.25, 0.3) is 0 Å². The van der Waals surface area contributed by atoms with Gasteiger partial charge in [0.2, 0.25) is 0 Å². The number of benzene rings is 1. The highest BCUT2D eigenvalue weighted by Gasteiger charge is 2.09. The van der Waals surface area contributed by atoms with Gasteiger partial charge in [-0.15, -0.1) is 0 Å². The van der Waals surface area contributed by atoms with Crippen LogP contribution in [-0.2, 0) is 6.42 Å². The fourth-order valence-corrected chi connectivity index (χ4v) is 1.60. The summed E-state index contributed by atoms with van der Waals surface area (Å²) in [6, 6.07) is 3.10. The lowest BCUT2D eigenvalue weighted by molar-refractivity contribution is 0.112. The number of aldehydes is 1. The van der Waals surface area contributed by atoms with Crippen molar-refractivity contribution in [3.63, 3.8) is 0 Å². The van der Waals surface area contributed by atoms with E-state index in [0.29, 0.717) is 24.0 Å². The Morgan fingerprint density at radius 1 is 1.29 bits per heavy atom. The zero-order chi connectivity index (χ0) is 12.4. The molecular weight excluding hydrogens is 226 g/mol. The molecule has 17 heavy (non-hydrogen) atoms. The van der Waals surface area contributed by atoms with Gasteiger partial charge in [-0.1, -0.05) is 6.92 Å². The van der Waals surface area contributed by atoms with Crippen LogP contribution in [0.2, 0.25) is 0 Å². The van der Waals surface area contributed by atoms with Gasteiger partial charge in [-0.05, 0) is 18.6 Å². The number of hydrogen-bond acceptors (Lipinski definition) is 2. The molecule has 0 aliphatic heterocycles. The van der Waals surface area contributed by atoms with Crippen LogP contribution in [0, 0.1) is 11.6 Å². The van der Waals surface area contributed by atoms with E-state index in [9.17, 15) is 13.6 Å². The summed E-state index contributed by atoms with van der Waals surface area (Å²) in [6.45, 7) is 1.85. The predicted molar refractivity (Wildman–Crippen MR) is 58.2 cm³/mol. The van der Waals surface area contributed by atoms with Gasteiger partial charge in [-0.25, -0.2) is 13.5 Å². The summed E-state index contributed by atoms with van der Waals surface area (Å²) in [5, 5.41) is 4.10. The highest BCUT2D eigenvalue weighted by molar-refractivity contribution is 5.76. The first-order valence-electron chi connectivity index (χ1n) is 5.14. The second-order valence-corrected chi connectivity index (χ2v) is 3.57. The topological polar surface area (TPSA) is 34.9 Å². The van der Waals surface area contributed by atoms with Crippen LogP contribution < -0.4 is 0 Å². The van der Waals surface area contributed by atoms with E-state index < -0.39 is 11.6 Å². The molecule has 0 radical (unpaired) electrons. The number of hydrogen-bond donors (Lipinski definition) is 0. The summed E-state index contributed by atoms with van der Waals surface area (Å²) in [5.74, 6) is -1.36. The normalized spacial score (nSPS) is 10.5. The third-order valence-corrected chi connectivity index (χ3v) is 2.40. The van der Waals surface area contributed by atoms with Crippen molar-refractivity contribution in [2.24, 2.45) is 0 Å². The molecule has 3 nitrogen and oxygen atoms in total. The van der Waals surface area contributed by atoms with Crippen LogP contribution in [0.5, 0.6) is 0 Å². The summed E-state index contributed by atoms with van der Waals surface area (Å²) in [4.78, 5) is 10.8. The zero-order valence-corrected chi connectivity index (χ0v) is 9.15. The third kappa shape index (κ3) is 2.22. The number of rotatable bonds is 3. The molecule has 0 saturated heterocycles. The van der Waals surface area contributed by atoms with E-state index in [1.54, 1.807) is 0 Å². The number of carbonyl (C=O) groups is 1. The quantitative estimate of drug-likeness (QED) is 0.767. The van der Waals surface area contributed by atoms with E-state index in [-0.39, 0.29) is 5.69 Å². The van der Waals surface area contributed by atoms with Crippen LogP contribution in [0.3, 0.4) is 0 Å². The molecule has 0 unspecified atom stereocenters. The van der Waals surface area contributed by atoms with E-state index >= 15 is 0 Å². The molecule has 0 saturated carbocycles. The van der Waals surface area contributed by atoms with E-state index in [0.717, 1.165) is 18.2 Å². The molecule has 1 aromatic heterocycles. The summed E-state index contributed by atoms with van der Waals surface area (Å²) in [6.07, 6.45) is 2.72. The largest absolute Gasteiger partial charge is 0.298 e. The van der Waals surface area contributed by atoms with Gasteiger partial charge in [-0.3, -0.25) is 4.79 Å². The Hall–Kier alpha value is -2.04. The number of nitrogens with zero attached hydrogens (tertiary/aromatic N) is 2. The summed E-state index contributed by atoms with van der Waals surface area (Å²) < 4.78 is 27.4. The van der Waals surface area contributed by atoms with E-state index in [4.69, 9.17) is 0 Å². The molecule has 1 aromatic carbocycles. The van der Waals surface area contributed by atoms with Gasteiger partial charge in [-0.2, -0.15) is 5.10 Å². The maximum atomic E-state index is 13.0. The van der Waals surface area contributed by atoms with Crippen molar-refractivity contribution in [3.8, 4) is 5.69 Å². The van der Waals surface area contributed by atoms with Crippen molar-refractivity contribution in [2.75, 3.05) is 0 Å². The van der Waals surface area contributed by atoms with Gasteiger partial charge in [0, 0.05) is 12.3 Å². The van der Waals surface area contributed by atoms with E-state index in [1.165, 1.54) is 10.9 Å². The number of aryl methyl sites for hydroxylation is 1. The van der Waals surface area contributed by atoms with Gasteiger partial charge in [0.1, 0.15) is 11.6 Å². The van der Waals surface area contributed by atoms with Crippen LogP contribution in [0.4, 0.5) is 8.78 Å². The molecule has 0 atom stereocenters. The minimum Gasteiger partial charge on any atom is -0.298 e.